The molecule has 2 heteroatoms. The molecule has 0 spiro atoms. The highest BCUT2D eigenvalue weighted by atomic mass is 16.5. The molecule has 0 rings (SSSR count). The quantitative estimate of drug-likeness (QED) is 0.682. The Labute approximate surface area is 107 Å². The predicted molar refractivity (Wildman–Crippen MR) is 72.9 cm³/mol. The lowest BCUT2D eigenvalue weighted by molar-refractivity contribution is -0.166. The van der Waals surface area contributed by atoms with Crippen LogP contribution >= 0.6 is 0 Å². The molecule has 102 valence electrons. The number of carbonyl (C=O) groups is 1. The summed E-state index contributed by atoms with van der Waals surface area (Å²) in [6.07, 6.45) is 0.937. The minimum atomic E-state index is -0.468. The molecule has 0 aliphatic carbocycles. The SMILES string of the molecule is CC(C)OC(=O)C(C)(C)C(C)(C)CC(C)(C)C. The Morgan fingerprint density at radius 1 is 1.00 bits per heavy atom. The summed E-state index contributed by atoms with van der Waals surface area (Å²) in [6.45, 7) is 18.7. The van der Waals surface area contributed by atoms with Crippen LogP contribution in [0, 0.1) is 16.2 Å². The maximum absolute atomic E-state index is 12.2. The fourth-order valence-corrected chi connectivity index (χ4v) is 2.18. The second-order valence-electron chi connectivity index (χ2n) is 7.70. The lowest BCUT2D eigenvalue weighted by atomic mass is 9.61. The van der Waals surface area contributed by atoms with Gasteiger partial charge in [-0.05, 0) is 44.9 Å². The molecule has 0 saturated carbocycles. The number of carbonyl (C=O) groups excluding carboxylic acids is 1. The number of rotatable bonds is 4. The van der Waals surface area contributed by atoms with Crippen LogP contribution in [0.2, 0.25) is 0 Å². The maximum atomic E-state index is 12.2. The van der Waals surface area contributed by atoms with Gasteiger partial charge in [-0.15, -0.1) is 0 Å². The highest BCUT2D eigenvalue weighted by Crippen LogP contribution is 2.47. The van der Waals surface area contributed by atoms with Crippen molar-refractivity contribution >= 4 is 5.97 Å². The van der Waals surface area contributed by atoms with E-state index in [0.29, 0.717) is 0 Å². The maximum Gasteiger partial charge on any atom is 0.312 e. The molecule has 0 amide bonds. The van der Waals surface area contributed by atoms with Crippen LogP contribution < -0.4 is 0 Å². The van der Waals surface area contributed by atoms with Gasteiger partial charge in [-0.1, -0.05) is 34.6 Å². The Morgan fingerprint density at radius 2 is 1.41 bits per heavy atom. The Balaban J connectivity index is 4.95. The van der Waals surface area contributed by atoms with Crippen LogP contribution in [0.3, 0.4) is 0 Å². The van der Waals surface area contributed by atoms with E-state index in [-0.39, 0.29) is 22.9 Å². The molecule has 0 saturated heterocycles. The van der Waals surface area contributed by atoms with E-state index in [9.17, 15) is 4.79 Å². The zero-order valence-corrected chi connectivity index (χ0v) is 13.1. The zero-order chi connectivity index (χ0) is 14.1. The second-order valence-corrected chi connectivity index (χ2v) is 7.70. The van der Waals surface area contributed by atoms with E-state index in [4.69, 9.17) is 4.74 Å². The first kappa shape index (κ1) is 16.5. The molecule has 0 aromatic rings. The largest absolute Gasteiger partial charge is 0.463 e. The van der Waals surface area contributed by atoms with E-state index in [1.54, 1.807) is 0 Å². The highest BCUT2D eigenvalue weighted by Gasteiger charge is 2.46. The van der Waals surface area contributed by atoms with E-state index in [1.807, 2.05) is 27.7 Å². The number of hydrogen-bond donors (Lipinski definition) is 0. The third-order valence-electron chi connectivity index (χ3n) is 3.52. The topological polar surface area (TPSA) is 26.3 Å². The molecular weight excluding hydrogens is 212 g/mol. The van der Waals surface area contributed by atoms with Crippen molar-refractivity contribution in [2.75, 3.05) is 0 Å². The van der Waals surface area contributed by atoms with Crippen molar-refractivity contribution < 1.29 is 9.53 Å². The van der Waals surface area contributed by atoms with E-state index >= 15 is 0 Å². The van der Waals surface area contributed by atoms with Crippen LogP contribution in [0.1, 0.15) is 68.7 Å². The summed E-state index contributed by atoms with van der Waals surface area (Å²) >= 11 is 0. The summed E-state index contributed by atoms with van der Waals surface area (Å²) in [7, 11) is 0. The molecule has 17 heavy (non-hydrogen) atoms. The average Bonchev–Trinajstić information content (AvgIpc) is 1.97. The van der Waals surface area contributed by atoms with Gasteiger partial charge < -0.3 is 4.74 Å². The highest BCUT2D eigenvalue weighted by molar-refractivity contribution is 5.77. The summed E-state index contributed by atoms with van der Waals surface area (Å²) < 4.78 is 5.38. The Morgan fingerprint density at radius 3 is 1.71 bits per heavy atom. The molecule has 2 nitrogen and oxygen atoms in total. The van der Waals surface area contributed by atoms with Crippen LogP contribution in [-0.4, -0.2) is 12.1 Å². The van der Waals surface area contributed by atoms with Crippen molar-refractivity contribution in [3.63, 3.8) is 0 Å². The van der Waals surface area contributed by atoms with Crippen molar-refractivity contribution in [1.29, 1.82) is 0 Å². The molecule has 0 bridgehead atoms. The normalized spacial score (nSPS) is 14.0. The lowest BCUT2D eigenvalue weighted by Crippen LogP contribution is -2.43. The van der Waals surface area contributed by atoms with E-state index < -0.39 is 5.41 Å². The molecule has 0 aliphatic heterocycles. The molecule has 0 unspecified atom stereocenters. The van der Waals surface area contributed by atoms with Gasteiger partial charge in [0, 0.05) is 0 Å². The number of ether oxygens (including phenoxy) is 1. The van der Waals surface area contributed by atoms with Crippen LogP contribution in [0.15, 0.2) is 0 Å². The zero-order valence-electron chi connectivity index (χ0n) is 13.1. The third kappa shape index (κ3) is 4.69. The van der Waals surface area contributed by atoms with Gasteiger partial charge in [-0.2, -0.15) is 0 Å². The average molecular weight is 242 g/mol. The first-order valence-electron chi connectivity index (χ1n) is 6.51. The van der Waals surface area contributed by atoms with E-state index in [0.717, 1.165) is 6.42 Å². The molecule has 0 atom stereocenters. The first-order valence-corrected chi connectivity index (χ1v) is 6.51. The van der Waals surface area contributed by atoms with Gasteiger partial charge >= 0.3 is 5.97 Å². The standard InChI is InChI=1S/C15H30O2/c1-11(2)17-12(16)15(8,9)14(6,7)10-13(3,4)5/h11H,10H2,1-9H3. The van der Waals surface area contributed by atoms with Crippen LogP contribution in [0.5, 0.6) is 0 Å². The Kier molecular flexibility index (Phi) is 4.84. The Bertz CT molecular complexity index is 267. The molecular formula is C15H30O2. The van der Waals surface area contributed by atoms with Gasteiger partial charge in [0.2, 0.25) is 0 Å². The van der Waals surface area contributed by atoms with Crippen LogP contribution in [-0.2, 0) is 9.53 Å². The smallest absolute Gasteiger partial charge is 0.312 e. The van der Waals surface area contributed by atoms with Crippen molar-refractivity contribution in [2.24, 2.45) is 16.2 Å². The molecule has 0 aromatic heterocycles. The van der Waals surface area contributed by atoms with Crippen molar-refractivity contribution in [3.8, 4) is 0 Å². The summed E-state index contributed by atoms with van der Waals surface area (Å²) in [5.74, 6) is -0.0956. The minimum absolute atomic E-state index is 0.0489. The first-order chi connectivity index (χ1) is 7.29. The van der Waals surface area contributed by atoms with Crippen LogP contribution in [0.25, 0.3) is 0 Å². The number of esters is 1. The van der Waals surface area contributed by atoms with E-state index in [2.05, 4.69) is 34.6 Å². The minimum Gasteiger partial charge on any atom is -0.463 e. The molecule has 0 N–H and O–H groups in total. The van der Waals surface area contributed by atoms with Gasteiger partial charge in [0.1, 0.15) is 0 Å². The van der Waals surface area contributed by atoms with Crippen LogP contribution in [0.4, 0.5) is 0 Å². The van der Waals surface area contributed by atoms with Gasteiger partial charge in [0.25, 0.3) is 0 Å². The number of hydrogen-bond acceptors (Lipinski definition) is 2. The van der Waals surface area contributed by atoms with Gasteiger partial charge in [0.15, 0.2) is 0 Å². The van der Waals surface area contributed by atoms with Gasteiger partial charge in [0.05, 0.1) is 11.5 Å². The molecule has 0 radical (unpaired) electrons. The molecule has 0 aromatic carbocycles. The summed E-state index contributed by atoms with van der Waals surface area (Å²) in [5, 5.41) is 0. The predicted octanol–water partition coefficient (Wildman–Crippen LogP) is 4.43. The summed E-state index contributed by atoms with van der Waals surface area (Å²) in [5.41, 5.74) is -0.347. The fraction of sp³-hybridized carbons (Fsp3) is 0.933. The van der Waals surface area contributed by atoms with Gasteiger partial charge in [-0.25, -0.2) is 0 Å². The monoisotopic (exact) mass is 242 g/mol. The second kappa shape index (κ2) is 4.99. The summed E-state index contributed by atoms with van der Waals surface area (Å²) in [6, 6.07) is 0. The van der Waals surface area contributed by atoms with E-state index in [1.165, 1.54) is 0 Å². The molecule has 0 aliphatic rings. The van der Waals surface area contributed by atoms with Crippen molar-refractivity contribution in [3.05, 3.63) is 0 Å². The lowest BCUT2D eigenvalue weighted by Gasteiger charge is -2.43. The fourth-order valence-electron chi connectivity index (χ4n) is 2.18. The van der Waals surface area contributed by atoms with Gasteiger partial charge in [-0.3, -0.25) is 4.79 Å². The molecule has 0 fully saturated rings. The molecule has 0 heterocycles. The Hall–Kier alpha value is -0.530. The van der Waals surface area contributed by atoms with Crippen molar-refractivity contribution in [1.82, 2.24) is 0 Å². The third-order valence-corrected chi connectivity index (χ3v) is 3.52. The van der Waals surface area contributed by atoms with Crippen molar-refractivity contribution in [2.45, 2.75) is 74.8 Å². The summed E-state index contributed by atoms with van der Waals surface area (Å²) in [4.78, 5) is 12.2.